The van der Waals surface area contributed by atoms with E-state index in [4.69, 9.17) is 19.7 Å². The number of thiazole rings is 1. The van der Waals surface area contributed by atoms with E-state index in [0.717, 1.165) is 32.3 Å². The van der Waals surface area contributed by atoms with E-state index < -0.39 is 12.0 Å². The van der Waals surface area contributed by atoms with Crippen molar-refractivity contribution in [3.63, 3.8) is 0 Å². The molecule has 0 radical (unpaired) electrons. The Labute approximate surface area is 290 Å². The molecule has 1 aliphatic rings. The van der Waals surface area contributed by atoms with Gasteiger partial charge in [-0.15, -0.1) is 0 Å². The molecular formula is C39H32BrN3O4S. The minimum absolute atomic E-state index is 0.190. The molecule has 0 unspecified atom stereocenters. The molecule has 0 saturated carbocycles. The first-order valence-electron chi connectivity index (χ1n) is 15.6. The van der Waals surface area contributed by atoms with Gasteiger partial charge in [-0.2, -0.15) is 5.26 Å². The lowest BCUT2D eigenvalue weighted by molar-refractivity contribution is -0.138. The zero-order valence-corrected chi connectivity index (χ0v) is 29.0. The van der Waals surface area contributed by atoms with E-state index in [-0.39, 0.29) is 12.2 Å². The number of nitriles is 1. The maximum atomic E-state index is 14.3. The van der Waals surface area contributed by atoms with Gasteiger partial charge in [0.1, 0.15) is 12.4 Å². The maximum absolute atomic E-state index is 14.3. The van der Waals surface area contributed by atoms with Crippen molar-refractivity contribution in [2.45, 2.75) is 39.3 Å². The fourth-order valence-electron chi connectivity index (χ4n) is 5.53. The number of carbonyl (C=O) groups excluding carboxylic acids is 1. The molecule has 6 rings (SSSR count). The topological polar surface area (TPSA) is 93.7 Å². The number of fused-ring (bicyclic) bond motifs is 1. The molecule has 0 saturated heterocycles. The molecule has 0 aliphatic carbocycles. The number of hydrogen-bond acceptors (Lipinski definition) is 7. The molecule has 9 heteroatoms. The number of carbonyl (C=O) groups is 1. The van der Waals surface area contributed by atoms with E-state index in [0.29, 0.717) is 44.4 Å². The molecule has 0 amide bonds. The third kappa shape index (κ3) is 6.82. The second-order valence-electron chi connectivity index (χ2n) is 11.5. The molecule has 1 atom stereocenters. The van der Waals surface area contributed by atoms with Crippen LogP contribution in [0.15, 0.2) is 117 Å². The van der Waals surface area contributed by atoms with Gasteiger partial charge in [0.15, 0.2) is 4.80 Å². The minimum atomic E-state index is -0.733. The summed E-state index contributed by atoms with van der Waals surface area (Å²) in [6.45, 7) is 6.55. The van der Waals surface area contributed by atoms with Crippen LogP contribution in [-0.4, -0.2) is 17.1 Å². The Morgan fingerprint density at radius 2 is 1.77 bits per heavy atom. The predicted molar refractivity (Wildman–Crippen MR) is 191 cm³/mol. The Morgan fingerprint density at radius 1 is 1.04 bits per heavy atom. The van der Waals surface area contributed by atoms with Gasteiger partial charge in [0.05, 0.1) is 44.6 Å². The smallest absolute Gasteiger partial charge is 0.338 e. The van der Waals surface area contributed by atoms with Crippen LogP contribution in [0.5, 0.6) is 5.75 Å². The molecule has 7 nitrogen and oxygen atoms in total. The monoisotopic (exact) mass is 717 g/mol. The van der Waals surface area contributed by atoms with Gasteiger partial charge in [0, 0.05) is 5.56 Å². The second-order valence-corrected chi connectivity index (χ2v) is 13.4. The summed E-state index contributed by atoms with van der Waals surface area (Å²) in [6.07, 6.45) is 1.83. The highest BCUT2D eigenvalue weighted by atomic mass is 79.9. The summed E-state index contributed by atoms with van der Waals surface area (Å²) >= 11 is 4.90. The Hall–Kier alpha value is -5.04. The summed E-state index contributed by atoms with van der Waals surface area (Å²) in [5.74, 6) is 0.468. The largest absolute Gasteiger partial charge is 0.488 e. The van der Waals surface area contributed by atoms with E-state index in [1.807, 2.05) is 91.0 Å². The number of rotatable bonds is 9. The molecule has 0 spiro atoms. The molecule has 4 aromatic carbocycles. The van der Waals surface area contributed by atoms with E-state index in [2.05, 4.69) is 35.8 Å². The molecule has 5 aromatic rings. The van der Waals surface area contributed by atoms with E-state index >= 15 is 0 Å². The van der Waals surface area contributed by atoms with Gasteiger partial charge in [-0.1, -0.05) is 98.0 Å². The Morgan fingerprint density at radius 3 is 2.42 bits per heavy atom. The third-order valence-corrected chi connectivity index (χ3v) is 9.63. The molecule has 48 heavy (non-hydrogen) atoms. The number of halogens is 1. The molecule has 240 valence electrons. The predicted octanol–water partition coefficient (Wildman–Crippen LogP) is 7.27. The Kier molecular flexibility index (Phi) is 9.85. The van der Waals surface area contributed by atoms with Gasteiger partial charge in [-0.05, 0) is 81.4 Å². The van der Waals surface area contributed by atoms with Gasteiger partial charge in [0.25, 0.3) is 5.56 Å². The fourth-order valence-corrected chi connectivity index (χ4v) is 7.04. The quantitative estimate of drug-likeness (QED) is 0.150. The third-order valence-electron chi connectivity index (χ3n) is 8.02. The van der Waals surface area contributed by atoms with Crippen LogP contribution >= 0.6 is 27.3 Å². The van der Waals surface area contributed by atoms with Crippen molar-refractivity contribution in [2.75, 3.05) is 6.61 Å². The number of nitrogens with zero attached hydrogens (tertiary/aromatic N) is 3. The minimum Gasteiger partial charge on any atom is -0.488 e. The summed E-state index contributed by atoms with van der Waals surface area (Å²) in [7, 11) is 0. The van der Waals surface area contributed by atoms with Crippen LogP contribution in [0, 0.1) is 11.3 Å². The highest BCUT2D eigenvalue weighted by Gasteiger charge is 2.35. The maximum Gasteiger partial charge on any atom is 0.338 e. The van der Waals surface area contributed by atoms with Crippen molar-refractivity contribution in [3.8, 4) is 11.8 Å². The number of aromatic nitrogens is 1. The van der Waals surface area contributed by atoms with Gasteiger partial charge in [-0.25, -0.2) is 9.79 Å². The molecule has 1 aliphatic heterocycles. The lowest BCUT2D eigenvalue weighted by Crippen LogP contribution is -2.40. The second kappa shape index (κ2) is 14.4. The molecular weight excluding hydrogens is 686 g/mol. The Bertz CT molecular complexity index is 2230. The number of esters is 1. The van der Waals surface area contributed by atoms with Crippen molar-refractivity contribution in [1.82, 2.24) is 4.57 Å². The van der Waals surface area contributed by atoms with Gasteiger partial charge in [0.2, 0.25) is 0 Å². The first kappa shape index (κ1) is 32.9. The van der Waals surface area contributed by atoms with E-state index in [9.17, 15) is 9.59 Å². The van der Waals surface area contributed by atoms with Crippen LogP contribution in [-0.2, 0) is 16.1 Å². The number of ether oxygens (including phenoxy) is 2. The van der Waals surface area contributed by atoms with E-state index in [1.54, 1.807) is 23.6 Å². The first-order valence-corrected chi connectivity index (χ1v) is 17.2. The molecule has 0 N–H and O–H groups in total. The Balaban J connectivity index is 1.44. The number of benzene rings is 4. The summed E-state index contributed by atoms with van der Waals surface area (Å²) in [5, 5.41) is 9.04. The summed E-state index contributed by atoms with van der Waals surface area (Å²) < 4.78 is 14.4. The summed E-state index contributed by atoms with van der Waals surface area (Å²) in [6, 6.07) is 31.9. The highest BCUT2D eigenvalue weighted by Crippen LogP contribution is 2.36. The van der Waals surface area contributed by atoms with Crippen molar-refractivity contribution >= 4 is 45.0 Å². The van der Waals surface area contributed by atoms with Crippen LogP contribution in [0.3, 0.4) is 0 Å². The lowest BCUT2D eigenvalue weighted by atomic mass is 9.91. The van der Waals surface area contributed by atoms with Gasteiger partial charge >= 0.3 is 5.97 Å². The normalized spacial score (nSPS) is 14.3. The van der Waals surface area contributed by atoms with Crippen LogP contribution in [0.4, 0.5) is 0 Å². The standard InChI is InChI=1S/C39H32BrN3O4S/c1-4-46-38(45)34-35(29-8-6-5-7-9-29)42-39-43(36(34)30-17-15-28(16-18-30)24(2)3)37(44)33(48-39)21-27-14-19-32(31(40)20-27)47-23-26-12-10-25(22-41)11-13-26/h5-21,24,36H,4,23H2,1-3H3/b33-21-/t36-/m1/s1. The zero-order valence-electron chi connectivity index (χ0n) is 26.6. The SMILES string of the molecule is CCOC(=O)C1=C(c2ccccc2)N=c2s/c(=C\c3ccc(OCc4ccc(C#N)cc4)c(Br)c3)c(=O)n2[C@@H]1c1ccc(C(C)C)cc1. The van der Waals surface area contributed by atoms with Crippen LogP contribution in [0.25, 0.3) is 11.8 Å². The average Bonchev–Trinajstić information content (AvgIpc) is 3.41. The summed E-state index contributed by atoms with van der Waals surface area (Å²) in [5.41, 5.74) is 5.62. The van der Waals surface area contributed by atoms with E-state index in [1.165, 1.54) is 11.3 Å². The number of hydrogen-bond donors (Lipinski definition) is 0. The lowest BCUT2D eigenvalue weighted by Gasteiger charge is -2.26. The average molecular weight is 719 g/mol. The zero-order chi connectivity index (χ0) is 33.8. The van der Waals surface area contributed by atoms with Gasteiger partial charge < -0.3 is 9.47 Å². The summed E-state index contributed by atoms with van der Waals surface area (Å²) in [4.78, 5) is 33.4. The van der Waals surface area contributed by atoms with Crippen LogP contribution in [0.1, 0.15) is 66.1 Å². The first-order chi connectivity index (χ1) is 23.3. The van der Waals surface area contributed by atoms with Gasteiger partial charge in [-0.3, -0.25) is 9.36 Å². The van der Waals surface area contributed by atoms with Crippen molar-refractivity contribution in [1.29, 1.82) is 5.26 Å². The molecule has 2 heterocycles. The van der Waals surface area contributed by atoms with Crippen molar-refractivity contribution < 1.29 is 14.3 Å². The van der Waals surface area contributed by atoms with Crippen LogP contribution in [0.2, 0.25) is 0 Å². The van der Waals surface area contributed by atoms with Crippen LogP contribution < -0.4 is 19.6 Å². The van der Waals surface area contributed by atoms with Crippen molar-refractivity contribution in [2.24, 2.45) is 4.99 Å². The molecule has 0 fully saturated rings. The molecule has 1 aromatic heterocycles. The van der Waals surface area contributed by atoms with Crippen molar-refractivity contribution in [3.05, 3.63) is 160 Å². The fraction of sp³-hybridized carbons (Fsp3) is 0.179. The highest BCUT2D eigenvalue weighted by molar-refractivity contribution is 9.10. The molecule has 0 bridgehead atoms.